The molecule has 18 heavy (non-hydrogen) atoms. The van der Waals surface area contributed by atoms with Crippen LogP contribution in [0.15, 0.2) is 24.3 Å². The first-order valence-electron chi connectivity index (χ1n) is 7.19. The molecule has 2 nitrogen and oxygen atoms in total. The SMILES string of the molecule is CCCOc1ccc(CNC2(C)CCCC2)cc1. The Kier molecular flexibility index (Phi) is 4.65. The normalized spacial score (nSPS) is 17.9. The van der Waals surface area contributed by atoms with Gasteiger partial charge in [0.25, 0.3) is 0 Å². The number of benzene rings is 1. The fraction of sp³-hybridized carbons (Fsp3) is 0.625. The molecule has 1 aromatic carbocycles. The van der Waals surface area contributed by atoms with Gasteiger partial charge < -0.3 is 10.1 Å². The van der Waals surface area contributed by atoms with Gasteiger partial charge in [0.2, 0.25) is 0 Å². The van der Waals surface area contributed by atoms with Crippen LogP contribution in [0.25, 0.3) is 0 Å². The Balaban J connectivity index is 1.82. The van der Waals surface area contributed by atoms with Gasteiger partial charge in [-0.2, -0.15) is 0 Å². The van der Waals surface area contributed by atoms with E-state index in [1.54, 1.807) is 0 Å². The quantitative estimate of drug-likeness (QED) is 0.823. The average Bonchev–Trinajstić information content (AvgIpc) is 2.83. The predicted molar refractivity (Wildman–Crippen MR) is 75.9 cm³/mol. The van der Waals surface area contributed by atoms with Crippen molar-refractivity contribution in [2.75, 3.05) is 6.61 Å². The lowest BCUT2D eigenvalue weighted by molar-refractivity contribution is 0.317. The minimum atomic E-state index is 0.359. The highest BCUT2D eigenvalue weighted by Gasteiger charge is 2.27. The molecule has 0 unspecified atom stereocenters. The van der Waals surface area contributed by atoms with E-state index in [1.165, 1.54) is 31.2 Å². The molecule has 1 fully saturated rings. The second-order valence-corrected chi connectivity index (χ2v) is 5.61. The van der Waals surface area contributed by atoms with Gasteiger partial charge in [-0.25, -0.2) is 0 Å². The highest BCUT2D eigenvalue weighted by molar-refractivity contribution is 5.27. The van der Waals surface area contributed by atoms with Crippen LogP contribution in [-0.4, -0.2) is 12.1 Å². The summed E-state index contributed by atoms with van der Waals surface area (Å²) in [5.74, 6) is 0.979. The maximum atomic E-state index is 5.59. The Morgan fingerprint density at radius 3 is 2.44 bits per heavy atom. The number of hydrogen-bond donors (Lipinski definition) is 1. The van der Waals surface area contributed by atoms with Crippen LogP contribution >= 0.6 is 0 Å². The Hall–Kier alpha value is -1.02. The lowest BCUT2D eigenvalue weighted by Gasteiger charge is -2.25. The van der Waals surface area contributed by atoms with Crippen molar-refractivity contribution in [1.29, 1.82) is 0 Å². The molecule has 1 aliphatic carbocycles. The summed E-state index contributed by atoms with van der Waals surface area (Å²) in [6, 6.07) is 8.47. The van der Waals surface area contributed by atoms with Crippen molar-refractivity contribution < 1.29 is 4.74 Å². The van der Waals surface area contributed by atoms with E-state index < -0.39 is 0 Å². The van der Waals surface area contributed by atoms with Crippen molar-refractivity contribution in [2.24, 2.45) is 0 Å². The fourth-order valence-corrected chi connectivity index (χ4v) is 2.57. The third-order valence-electron chi connectivity index (χ3n) is 3.82. The molecule has 0 aliphatic heterocycles. The molecule has 0 spiro atoms. The summed E-state index contributed by atoms with van der Waals surface area (Å²) in [5, 5.41) is 3.70. The Labute approximate surface area is 111 Å². The number of nitrogens with one attached hydrogen (secondary N) is 1. The Bertz CT molecular complexity index is 352. The zero-order chi connectivity index (χ0) is 12.8. The van der Waals surface area contributed by atoms with Gasteiger partial charge in [-0.15, -0.1) is 0 Å². The second-order valence-electron chi connectivity index (χ2n) is 5.61. The lowest BCUT2D eigenvalue weighted by Crippen LogP contribution is -2.38. The van der Waals surface area contributed by atoms with Crippen molar-refractivity contribution in [2.45, 2.75) is 58.0 Å². The van der Waals surface area contributed by atoms with Crippen LogP contribution in [0, 0.1) is 0 Å². The Morgan fingerprint density at radius 2 is 1.83 bits per heavy atom. The van der Waals surface area contributed by atoms with Crippen LogP contribution in [-0.2, 0) is 6.54 Å². The van der Waals surface area contributed by atoms with Crippen LogP contribution < -0.4 is 10.1 Å². The van der Waals surface area contributed by atoms with Gasteiger partial charge in [-0.05, 0) is 43.9 Å². The monoisotopic (exact) mass is 247 g/mol. The van der Waals surface area contributed by atoms with Gasteiger partial charge in [0.15, 0.2) is 0 Å². The summed E-state index contributed by atoms with van der Waals surface area (Å²) in [7, 11) is 0. The van der Waals surface area contributed by atoms with E-state index in [0.29, 0.717) is 5.54 Å². The van der Waals surface area contributed by atoms with Gasteiger partial charge in [-0.1, -0.05) is 31.9 Å². The van der Waals surface area contributed by atoms with Gasteiger partial charge in [0, 0.05) is 12.1 Å². The molecule has 0 radical (unpaired) electrons. The number of ether oxygens (including phenoxy) is 1. The van der Waals surface area contributed by atoms with E-state index in [-0.39, 0.29) is 0 Å². The smallest absolute Gasteiger partial charge is 0.119 e. The third-order valence-corrected chi connectivity index (χ3v) is 3.82. The minimum absolute atomic E-state index is 0.359. The van der Waals surface area contributed by atoms with Crippen LogP contribution in [0.3, 0.4) is 0 Å². The highest BCUT2D eigenvalue weighted by Crippen LogP contribution is 2.29. The molecule has 0 bridgehead atoms. The zero-order valence-electron chi connectivity index (χ0n) is 11.7. The van der Waals surface area contributed by atoms with Gasteiger partial charge >= 0.3 is 0 Å². The highest BCUT2D eigenvalue weighted by atomic mass is 16.5. The summed E-state index contributed by atoms with van der Waals surface area (Å²) in [5.41, 5.74) is 1.70. The molecule has 1 aromatic rings. The fourth-order valence-electron chi connectivity index (χ4n) is 2.57. The molecule has 0 heterocycles. The lowest BCUT2D eigenvalue weighted by atomic mass is 10.0. The topological polar surface area (TPSA) is 21.3 Å². The number of rotatable bonds is 6. The summed E-state index contributed by atoms with van der Waals surface area (Å²) < 4.78 is 5.59. The average molecular weight is 247 g/mol. The van der Waals surface area contributed by atoms with Crippen molar-refractivity contribution in [3.05, 3.63) is 29.8 Å². The maximum Gasteiger partial charge on any atom is 0.119 e. The third kappa shape index (κ3) is 3.74. The Morgan fingerprint density at radius 1 is 1.17 bits per heavy atom. The van der Waals surface area contributed by atoms with E-state index in [1.807, 2.05) is 0 Å². The molecule has 1 aliphatic rings. The van der Waals surface area contributed by atoms with E-state index in [2.05, 4.69) is 43.4 Å². The molecular weight excluding hydrogens is 222 g/mol. The first-order valence-corrected chi connectivity index (χ1v) is 7.19. The zero-order valence-corrected chi connectivity index (χ0v) is 11.7. The van der Waals surface area contributed by atoms with E-state index >= 15 is 0 Å². The molecule has 0 saturated heterocycles. The molecule has 100 valence electrons. The van der Waals surface area contributed by atoms with Crippen molar-refractivity contribution in [3.8, 4) is 5.75 Å². The van der Waals surface area contributed by atoms with Crippen molar-refractivity contribution in [3.63, 3.8) is 0 Å². The minimum Gasteiger partial charge on any atom is -0.494 e. The molecule has 2 rings (SSSR count). The molecule has 0 atom stereocenters. The van der Waals surface area contributed by atoms with Crippen LogP contribution in [0.2, 0.25) is 0 Å². The molecule has 0 amide bonds. The first kappa shape index (κ1) is 13.4. The van der Waals surface area contributed by atoms with Crippen molar-refractivity contribution >= 4 is 0 Å². The number of hydrogen-bond acceptors (Lipinski definition) is 2. The summed E-state index contributed by atoms with van der Waals surface area (Å²) in [6.07, 6.45) is 6.41. The predicted octanol–water partition coefficient (Wildman–Crippen LogP) is 3.90. The largest absolute Gasteiger partial charge is 0.494 e. The summed E-state index contributed by atoms with van der Waals surface area (Å²) >= 11 is 0. The molecular formula is C16H25NO. The van der Waals surface area contributed by atoms with E-state index in [4.69, 9.17) is 4.74 Å². The molecule has 1 saturated carbocycles. The molecule has 0 aromatic heterocycles. The van der Waals surface area contributed by atoms with Crippen LogP contribution in [0.5, 0.6) is 5.75 Å². The first-order chi connectivity index (χ1) is 8.72. The molecule has 1 N–H and O–H groups in total. The summed E-state index contributed by atoms with van der Waals surface area (Å²) in [6.45, 7) is 6.24. The second kappa shape index (κ2) is 6.24. The summed E-state index contributed by atoms with van der Waals surface area (Å²) in [4.78, 5) is 0. The van der Waals surface area contributed by atoms with E-state index in [0.717, 1.165) is 25.3 Å². The standard InChI is InChI=1S/C16H25NO/c1-3-12-18-15-8-6-14(7-9-15)13-17-16(2)10-4-5-11-16/h6-9,17H,3-5,10-13H2,1-2H3. The van der Waals surface area contributed by atoms with Gasteiger partial charge in [0.1, 0.15) is 5.75 Å². The van der Waals surface area contributed by atoms with Crippen molar-refractivity contribution in [1.82, 2.24) is 5.32 Å². The van der Waals surface area contributed by atoms with Crippen LogP contribution in [0.4, 0.5) is 0 Å². The van der Waals surface area contributed by atoms with E-state index in [9.17, 15) is 0 Å². The maximum absolute atomic E-state index is 5.59. The van der Waals surface area contributed by atoms with Crippen LogP contribution in [0.1, 0.15) is 51.5 Å². The van der Waals surface area contributed by atoms with Gasteiger partial charge in [-0.3, -0.25) is 0 Å². The molecule has 2 heteroatoms. The van der Waals surface area contributed by atoms with Gasteiger partial charge in [0.05, 0.1) is 6.61 Å².